The van der Waals surface area contributed by atoms with Gasteiger partial charge >= 0.3 is 0 Å². The number of fused-ring (bicyclic) bond motifs is 2. The highest BCUT2D eigenvalue weighted by molar-refractivity contribution is 6.52. The van der Waals surface area contributed by atoms with E-state index in [4.69, 9.17) is 0 Å². The van der Waals surface area contributed by atoms with Gasteiger partial charge < -0.3 is 15.5 Å². The highest BCUT2D eigenvalue weighted by atomic mass is 19.1. The van der Waals surface area contributed by atoms with Gasteiger partial charge in [-0.25, -0.2) is 19.3 Å². The van der Waals surface area contributed by atoms with Crippen LogP contribution in [0.15, 0.2) is 36.5 Å². The lowest BCUT2D eigenvalue weighted by Gasteiger charge is -2.21. The zero-order valence-electron chi connectivity index (χ0n) is 17.6. The second-order valence-corrected chi connectivity index (χ2v) is 8.07. The van der Waals surface area contributed by atoms with E-state index in [9.17, 15) is 14.0 Å². The SMILES string of the molecule is CC(C)N1C(=O)C(=O)c2ccc(-c3nc(Nc4ccc5c(n4)CCNC5)ncc3F)cc21. The Balaban J connectivity index is 1.49. The Morgan fingerprint density at radius 2 is 2.00 bits per heavy atom. The Bertz CT molecular complexity index is 1260. The van der Waals surface area contributed by atoms with E-state index in [2.05, 4.69) is 25.6 Å². The highest BCUT2D eigenvalue weighted by Crippen LogP contribution is 2.35. The number of nitrogens with one attached hydrogen (secondary N) is 2. The largest absolute Gasteiger partial charge is 0.312 e. The number of carbonyl (C=O) groups excluding carboxylic acids is 2. The average Bonchev–Trinajstić information content (AvgIpc) is 3.04. The number of hydrogen-bond donors (Lipinski definition) is 2. The molecular weight excluding hydrogens is 411 g/mol. The predicted molar refractivity (Wildman–Crippen MR) is 117 cm³/mol. The van der Waals surface area contributed by atoms with Crippen LogP contribution in [0.2, 0.25) is 0 Å². The number of benzene rings is 1. The maximum Gasteiger partial charge on any atom is 0.299 e. The number of amides is 1. The van der Waals surface area contributed by atoms with Crippen LogP contribution >= 0.6 is 0 Å². The van der Waals surface area contributed by atoms with Gasteiger partial charge in [0.1, 0.15) is 11.5 Å². The minimum Gasteiger partial charge on any atom is -0.312 e. The molecule has 9 heteroatoms. The molecule has 2 N–H and O–H groups in total. The van der Waals surface area contributed by atoms with Gasteiger partial charge in [0.25, 0.3) is 11.7 Å². The van der Waals surface area contributed by atoms with E-state index in [1.807, 2.05) is 26.0 Å². The van der Waals surface area contributed by atoms with Gasteiger partial charge in [-0.05, 0) is 37.6 Å². The summed E-state index contributed by atoms with van der Waals surface area (Å²) >= 11 is 0. The Labute approximate surface area is 183 Å². The van der Waals surface area contributed by atoms with E-state index in [-0.39, 0.29) is 17.7 Å². The summed E-state index contributed by atoms with van der Waals surface area (Å²) in [5.74, 6) is -0.951. The summed E-state index contributed by atoms with van der Waals surface area (Å²) < 4.78 is 14.7. The maximum atomic E-state index is 14.7. The molecule has 32 heavy (non-hydrogen) atoms. The van der Waals surface area contributed by atoms with Gasteiger partial charge in [-0.2, -0.15) is 0 Å². The molecule has 0 atom stereocenters. The number of carbonyl (C=O) groups is 2. The molecule has 2 aliphatic heterocycles. The number of nitrogens with zero attached hydrogens (tertiary/aromatic N) is 4. The van der Waals surface area contributed by atoms with Crippen LogP contribution in [0.5, 0.6) is 0 Å². The van der Waals surface area contributed by atoms with Crippen molar-refractivity contribution in [3.05, 3.63) is 59.2 Å². The van der Waals surface area contributed by atoms with Gasteiger partial charge in [-0.15, -0.1) is 0 Å². The van der Waals surface area contributed by atoms with Gasteiger partial charge in [0.05, 0.1) is 17.4 Å². The molecule has 2 aliphatic rings. The lowest BCUT2D eigenvalue weighted by Crippen LogP contribution is -2.35. The van der Waals surface area contributed by atoms with Gasteiger partial charge in [-0.1, -0.05) is 12.1 Å². The molecule has 0 radical (unpaired) electrons. The monoisotopic (exact) mass is 432 g/mol. The third-order valence-electron chi connectivity index (χ3n) is 5.61. The number of hydrogen-bond acceptors (Lipinski definition) is 7. The quantitative estimate of drug-likeness (QED) is 0.612. The number of pyridine rings is 1. The summed E-state index contributed by atoms with van der Waals surface area (Å²) in [7, 11) is 0. The van der Waals surface area contributed by atoms with Crippen molar-refractivity contribution in [3.8, 4) is 11.3 Å². The third kappa shape index (κ3) is 3.40. The second-order valence-electron chi connectivity index (χ2n) is 8.07. The van der Waals surface area contributed by atoms with Crippen LogP contribution in [-0.2, 0) is 17.8 Å². The van der Waals surface area contributed by atoms with Crippen LogP contribution in [0.3, 0.4) is 0 Å². The van der Waals surface area contributed by atoms with E-state index in [0.29, 0.717) is 22.6 Å². The zero-order chi connectivity index (χ0) is 22.4. The van der Waals surface area contributed by atoms with Crippen molar-refractivity contribution in [2.45, 2.75) is 32.9 Å². The number of aromatic nitrogens is 3. The fourth-order valence-electron chi connectivity index (χ4n) is 4.07. The van der Waals surface area contributed by atoms with Gasteiger partial charge in [0.15, 0.2) is 5.82 Å². The zero-order valence-corrected chi connectivity index (χ0v) is 17.6. The first-order valence-corrected chi connectivity index (χ1v) is 10.4. The molecule has 0 fully saturated rings. The predicted octanol–water partition coefficient (Wildman–Crippen LogP) is 3.00. The van der Waals surface area contributed by atoms with Crippen molar-refractivity contribution in [3.63, 3.8) is 0 Å². The van der Waals surface area contributed by atoms with Crippen molar-refractivity contribution in [1.29, 1.82) is 0 Å². The smallest absolute Gasteiger partial charge is 0.299 e. The van der Waals surface area contributed by atoms with Crippen LogP contribution in [0.4, 0.5) is 21.8 Å². The molecule has 0 bridgehead atoms. The van der Waals surface area contributed by atoms with Crippen molar-refractivity contribution in [2.24, 2.45) is 0 Å². The van der Waals surface area contributed by atoms with E-state index in [1.54, 1.807) is 18.2 Å². The summed E-state index contributed by atoms with van der Waals surface area (Å²) in [6.45, 7) is 5.30. The molecule has 0 unspecified atom stereocenters. The summed E-state index contributed by atoms with van der Waals surface area (Å²) in [5, 5.41) is 6.35. The molecule has 8 nitrogen and oxygen atoms in total. The lowest BCUT2D eigenvalue weighted by molar-refractivity contribution is -0.114. The van der Waals surface area contributed by atoms with E-state index < -0.39 is 17.5 Å². The fraction of sp³-hybridized carbons (Fsp3) is 0.261. The molecule has 1 amide bonds. The lowest BCUT2D eigenvalue weighted by atomic mass is 10.1. The molecule has 3 aromatic rings. The van der Waals surface area contributed by atoms with Crippen LogP contribution in [-0.4, -0.2) is 39.2 Å². The number of anilines is 3. The average molecular weight is 432 g/mol. The van der Waals surface area contributed by atoms with Gasteiger partial charge in [0.2, 0.25) is 5.95 Å². The first kappa shape index (κ1) is 20.2. The minimum absolute atomic E-state index is 0.0722. The number of Topliss-reactive ketones (excluding diaryl/α,β-unsaturated/α-hetero) is 1. The molecule has 1 aromatic carbocycles. The summed E-state index contributed by atoms with van der Waals surface area (Å²) in [4.78, 5) is 39.0. The molecule has 0 spiro atoms. The Morgan fingerprint density at radius 3 is 2.81 bits per heavy atom. The van der Waals surface area contributed by atoms with Crippen LogP contribution in [0, 0.1) is 5.82 Å². The molecule has 2 aromatic heterocycles. The molecule has 0 aliphatic carbocycles. The Kier molecular flexibility index (Phi) is 4.90. The number of halogens is 1. The van der Waals surface area contributed by atoms with Crippen LogP contribution < -0.4 is 15.5 Å². The second kappa shape index (κ2) is 7.76. The molecule has 0 saturated carbocycles. The third-order valence-corrected chi connectivity index (χ3v) is 5.61. The topological polar surface area (TPSA) is 100 Å². The fourth-order valence-corrected chi connectivity index (χ4v) is 4.07. The van der Waals surface area contributed by atoms with Crippen molar-refractivity contribution < 1.29 is 14.0 Å². The number of rotatable bonds is 4. The first-order valence-electron chi connectivity index (χ1n) is 10.4. The summed E-state index contributed by atoms with van der Waals surface area (Å²) in [5.41, 5.74) is 3.46. The van der Waals surface area contributed by atoms with Crippen molar-refractivity contribution in [1.82, 2.24) is 20.3 Å². The van der Waals surface area contributed by atoms with E-state index >= 15 is 0 Å². The maximum absolute atomic E-state index is 14.7. The van der Waals surface area contributed by atoms with Gasteiger partial charge in [0, 0.05) is 36.8 Å². The molecule has 162 valence electrons. The summed E-state index contributed by atoms with van der Waals surface area (Å²) in [6, 6.07) is 8.38. The van der Waals surface area contributed by atoms with E-state index in [1.165, 1.54) is 4.90 Å². The van der Waals surface area contributed by atoms with Crippen LogP contribution in [0.1, 0.15) is 35.5 Å². The molecule has 4 heterocycles. The Morgan fingerprint density at radius 1 is 1.16 bits per heavy atom. The van der Waals surface area contributed by atoms with Crippen molar-refractivity contribution >= 4 is 29.1 Å². The normalized spacial score (nSPS) is 15.2. The standard InChI is InChI=1S/C23H21FN6O2/c1-12(2)30-18-9-13(3-5-15(18)21(31)22(30)32)20-16(24)11-26-23(29-20)28-19-6-4-14-10-25-8-7-17(14)27-19/h3-6,9,11-12,25H,7-8,10H2,1-2H3,(H,26,27,28,29). The van der Waals surface area contributed by atoms with Crippen molar-refractivity contribution in [2.75, 3.05) is 16.8 Å². The first-order chi connectivity index (χ1) is 15.4. The summed E-state index contributed by atoms with van der Waals surface area (Å²) in [6.07, 6.45) is 1.93. The highest BCUT2D eigenvalue weighted by Gasteiger charge is 2.37. The van der Waals surface area contributed by atoms with Crippen LogP contribution in [0.25, 0.3) is 11.3 Å². The molecule has 0 saturated heterocycles. The van der Waals surface area contributed by atoms with Gasteiger partial charge in [-0.3, -0.25) is 9.59 Å². The van der Waals surface area contributed by atoms with E-state index in [0.717, 1.165) is 37.0 Å². The molecular formula is C23H21FN6O2. The molecule has 5 rings (SSSR count). The number of ketones is 1. The Hall–Kier alpha value is -3.72. The minimum atomic E-state index is -0.605.